The molecule has 1 aromatic rings. The maximum Gasteiger partial charge on any atom is 0.289 e. The molecular formula is C14H19N3O6S2. The van der Waals surface area contributed by atoms with Crippen LogP contribution in [0.1, 0.15) is 0 Å². The Labute approximate surface area is 148 Å². The van der Waals surface area contributed by atoms with Gasteiger partial charge < -0.3 is 9.80 Å². The van der Waals surface area contributed by atoms with Crippen LogP contribution in [0.2, 0.25) is 0 Å². The van der Waals surface area contributed by atoms with Crippen LogP contribution in [0.5, 0.6) is 0 Å². The first-order valence-corrected chi connectivity index (χ1v) is 10.6. The molecule has 0 aliphatic carbocycles. The van der Waals surface area contributed by atoms with Crippen LogP contribution in [0.3, 0.4) is 0 Å². The van der Waals surface area contributed by atoms with E-state index in [4.69, 9.17) is 0 Å². The minimum atomic E-state index is -4.19. The van der Waals surface area contributed by atoms with Crippen molar-refractivity contribution in [3.05, 3.63) is 28.3 Å². The van der Waals surface area contributed by atoms with Crippen molar-refractivity contribution >= 4 is 32.2 Å². The highest BCUT2D eigenvalue weighted by Crippen LogP contribution is 2.27. The second kappa shape index (κ2) is 7.58. The fraction of sp³-hybridized carbons (Fsp3) is 0.500. The summed E-state index contributed by atoms with van der Waals surface area (Å²) in [5.74, 6) is -1.41. The average Bonchev–Trinajstić information content (AvgIpc) is 2.54. The first-order valence-electron chi connectivity index (χ1n) is 7.43. The van der Waals surface area contributed by atoms with E-state index in [1.807, 2.05) is 11.9 Å². The average molecular weight is 389 g/mol. The standard InChI is InChI=1S/C14H19N3O6S2/c1-15-5-7-16(8-6-15)14(18)10-25(22,23)13-4-3-11(24(2)21)9-12(13)17(19)20/h3-4,9H,5-8,10H2,1-2H3. The van der Waals surface area contributed by atoms with Crippen LogP contribution in [0, 0.1) is 10.1 Å². The Kier molecular flexibility index (Phi) is 5.91. The number of amides is 1. The van der Waals surface area contributed by atoms with Crippen LogP contribution >= 0.6 is 0 Å². The Balaban J connectivity index is 2.28. The van der Waals surface area contributed by atoms with Crippen LogP contribution in [-0.4, -0.2) is 78.5 Å². The molecule has 0 aromatic heterocycles. The Morgan fingerprint density at radius 1 is 1.28 bits per heavy atom. The maximum atomic E-state index is 12.5. The van der Waals surface area contributed by atoms with E-state index in [-0.39, 0.29) is 4.90 Å². The molecule has 2 rings (SSSR count). The number of carbonyl (C=O) groups is 1. The minimum Gasteiger partial charge on any atom is -0.339 e. The zero-order chi connectivity index (χ0) is 18.8. The highest BCUT2D eigenvalue weighted by molar-refractivity contribution is 7.92. The minimum absolute atomic E-state index is 0.149. The van der Waals surface area contributed by atoms with Gasteiger partial charge in [-0.05, 0) is 19.2 Å². The van der Waals surface area contributed by atoms with Crippen LogP contribution in [0.4, 0.5) is 5.69 Å². The summed E-state index contributed by atoms with van der Waals surface area (Å²) < 4.78 is 36.5. The molecule has 1 atom stereocenters. The summed E-state index contributed by atoms with van der Waals surface area (Å²) >= 11 is 0. The van der Waals surface area contributed by atoms with Crippen molar-refractivity contribution in [2.24, 2.45) is 0 Å². The Morgan fingerprint density at radius 3 is 2.40 bits per heavy atom. The summed E-state index contributed by atoms with van der Waals surface area (Å²) in [6.45, 7) is 2.12. The fourth-order valence-electron chi connectivity index (χ4n) is 2.47. The number of benzene rings is 1. The predicted octanol–water partition coefficient (Wildman–Crippen LogP) is -0.120. The number of rotatable bonds is 5. The highest BCUT2D eigenvalue weighted by atomic mass is 32.2. The van der Waals surface area contributed by atoms with E-state index < -0.39 is 47.8 Å². The third kappa shape index (κ3) is 4.61. The molecule has 1 aliphatic heterocycles. The van der Waals surface area contributed by atoms with E-state index in [1.165, 1.54) is 17.2 Å². The van der Waals surface area contributed by atoms with Gasteiger partial charge in [-0.25, -0.2) is 8.42 Å². The number of nitrogens with zero attached hydrogens (tertiary/aromatic N) is 3. The van der Waals surface area contributed by atoms with Gasteiger partial charge >= 0.3 is 0 Å². The number of nitro groups is 1. The van der Waals surface area contributed by atoms with Crippen molar-refractivity contribution in [2.75, 3.05) is 45.2 Å². The van der Waals surface area contributed by atoms with Gasteiger partial charge in [0, 0.05) is 43.4 Å². The quantitative estimate of drug-likeness (QED) is 0.509. The number of piperazine rings is 1. The van der Waals surface area contributed by atoms with E-state index in [9.17, 15) is 27.5 Å². The summed E-state index contributed by atoms with van der Waals surface area (Å²) in [7, 11) is -3.77. The predicted molar refractivity (Wildman–Crippen MR) is 91.6 cm³/mol. The number of hydrogen-bond donors (Lipinski definition) is 0. The molecule has 0 saturated carbocycles. The lowest BCUT2D eigenvalue weighted by molar-refractivity contribution is -0.388. The Bertz CT molecular complexity index is 816. The lowest BCUT2D eigenvalue weighted by atomic mass is 10.3. The normalized spacial score (nSPS) is 17.3. The Hall–Kier alpha value is -1.85. The summed E-state index contributed by atoms with van der Waals surface area (Å²) in [6.07, 6.45) is 1.34. The van der Waals surface area contributed by atoms with Crippen molar-refractivity contribution in [1.29, 1.82) is 0 Å². The molecule has 1 aliphatic rings. The number of likely N-dealkylation sites (N-methyl/N-ethyl adjacent to an activating group) is 1. The van der Waals surface area contributed by atoms with Gasteiger partial charge in [0.1, 0.15) is 10.6 Å². The monoisotopic (exact) mass is 389 g/mol. The molecule has 1 fully saturated rings. The maximum absolute atomic E-state index is 12.5. The molecule has 1 saturated heterocycles. The van der Waals surface area contributed by atoms with Crippen LogP contribution in [0.15, 0.2) is 28.0 Å². The first kappa shape index (κ1) is 19.5. The molecule has 1 amide bonds. The molecule has 11 heteroatoms. The van der Waals surface area contributed by atoms with E-state index in [0.717, 1.165) is 12.1 Å². The third-order valence-corrected chi connectivity index (χ3v) is 6.52. The van der Waals surface area contributed by atoms with Gasteiger partial charge in [-0.15, -0.1) is 0 Å². The molecule has 138 valence electrons. The molecule has 1 unspecified atom stereocenters. The highest BCUT2D eigenvalue weighted by Gasteiger charge is 2.31. The summed E-state index contributed by atoms with van der Waals surface area (Å²) in [5, 5.41) is 11.2. The molecule has 1 aromatic carbocycles. The van der Waals surface area contributed by atoms with Gasteiger partial charge in [0.05, 0.1) is 15.7 Å². The van der Waals surface area contributed by atoms with Crippen molar-refractivity contribution < 1.29 is 22.3 Å². The van der Waals surface area contributed by atoms with Crippen molar-refractivity contribution in [1.82, 2.24) is 9.80 Å². The Morgan fingerprint density at radius 2 is 1.88 bits per heavy atom. The van der Waals surface area contributed by atoms with E-state index in [0.29, 0.717) is 26.2 Å². The van der Waals surface area contributed by atoms with Crippen LogP contribution in [-0.2, 0) is 25.4 Å². The second-order valence-corrected chi connectivity index (χ2v) is 9.12. The zero-order valence-corrected chi connectivity index (χ0v) is 15.5. The van der Waals surface area contributed by atoms with E-state index in [2.05, 4.69) is 0 Å². The van der Waals surface area contributed by atoms with Gasteiger partial charge in [0.15, 0.2) is 9.84 Å². The van der Waals surface area contributed by atoms with Crippen LogP contribution in [0.25, 0.3) is 0 Å². The lowest BCUT2D eigenvalue weighted by Crippen LogP contribution is -2.48. The summed E-state index contributed by atoms with van der Waals surface area (Å²) in [5.41, 5.74) is -0.668. The molecule has 0 N–H and O–H groups in total. The molecule has 0 radical (unpaired) electrons. The summed E-state index contributed by atoms with van der Waals surface area (Å²) in [6, 6.07) is 3.28. The van der Waals surface area contributed by atoms with Gasteiger partial charge in [-0.3, -0.25) is 19.1 Å². The fourth-order valence-corrected chi connectivity index (χ4v) is 4.40. The second-order valence-electron chi connectivity index (χ2n) is 5.78. The number of carbonyl (C=O) groups excluding carboxylic acids is 1. The number of nitro benzene ring substituents is 1. The van der Waals surface area contributed by atoms with E-state index >= 15 is 0 Å². The lowest BCUT2D eigenvalue weighted by Gasteiger charge is -2.32. The number of hydrogen-bond acceptors (Lipinski definition) is 7. The number of sulfone groups is 1. The molecule has 9 nitrogen and oxygen atoms in total. The molecule has 0 bridgehead atoms. The molecule has 0 spiro atoms. The largest absolute Gasteiger partial charge is 0.339 e. The molecule has 25 heavy (non-hydrogen) atoms. The third-order valence-electron chi connectivity index (χ3n) is 3.96. The van der Waals surface area contributed by atoms with Gasteiger partial charge in [-0.2, -0.15) is 0 Å². The zero-order valence-electron chi connectivity index (χ0n) is 13.9. The van der Waals surface area contributed by atoms with Crippen molar-refractivity contribution in [2.45, 2.75) is 9.79 Å². The van der Waals surface area contributed by atoms with Gasteiger partial charge in [0.2, 0.25) is 5.91 Å². The first-order chi connectivity index (χ1) is 11.6. The molecule has 1 heterocycles. The van der Waals surface area contributed by atoms with E-state index in [1.54, 1.807) is 0 Å². The SMILES string of the molecule is CN1CCN(C(=O)CS(=O)(=O)c2ccc(S(C)=O)cc2[N+](=O)[O-])CC1. The smallest absolute Gasteiger partial charge is 0.289 e. The van der Waals surface area contributed by atoms with Crippen molar-refractivity contribution in [3.8, 4) is 0 Å². The van der Waals surface area contributed by atoms with Crippen molar-refractivity contribution in [3.63, 3.8) is 0 Å². The van der Waals surface area contributed by atoms with Crippen LogP contribution < -0.4 is 0 Å². The van der Waals surface area contributed by atoms with Gasteiger partial charge in [0.25, 0.3) is 5.69 Å². The summed E-state index contributed by atoms with van der Waals surface area (Å²) in [4.78, 5) is 25.7. The van der Waals surface area contributed by atoms with Gasteiger partial charge in [-0.1, -0.05) is 0 Å². The topological polar surface area (TPSA) is 118 Å². The molecular weight excluding hydrogens is 370 g/mol.